The molecule has 1 aromatic heterocycles. The SMILES string of the molecule is Cc1cc([C@@H](C)Nc2ccccc2C(=O)O)c2nc(N3Cc4ccccc4C3)n(C)c(=O)c2c1. The minimum atomic E-state index is -0.993. The molecule has 1 atom stereocenters. The molecule has 4 aromatic rings. The summed E-state index contributed by atoms with van der Waals surface area (Å²) in [5, 5.41) is 13.4. The number of carboxylic acid groups (broad SMARTS) is 1. The van der Waals surface area contributed by atoms with Crippen LogP contribution >= 0.6 is 0 Å². The highest BCUT2D eigenvalue weighted by Crippen LogP contribution is 2.31. The Labute approximate surface area is 197 Å². The van der Waals surface area contributed by atoms with Crippen LogP contribution in [0.2, 0.25) is 0 Å². The smallest absolute Gasteiger partial charge is 0.337 e. The van der Waals surface area contributed by atoms with Gasteiger partial charge in [0.2, 0.25) is 5.95 Å². The van der Waals surface area contributed by atoms with Gasteiger partial charge in [0.25, 0.3) is 5.56 Å². The lowest BCUT2D eigenvalue weighted by atomic mass is 10.0. The third-order valence-corrected chi connectivity index (χ3v) is 6.45. The molecule has 0 amide bonds. The summed E-state index contributed by atoms with van der Waals surface area (Å²) in [6.07, 6.45) is 0. The number of para-hydroxylation sites is 1. The van der Waals surface area contributed by atoms with E-state index in [-0.39, 0.29) is 17.2 Å². The molecule has 0 aliphatic carbocycles. The van der Waals surface area contributed by atoms with Crippen LogP contribution in [0.5, 0.6) is 0 Å². The Bertz CT molecular complexity index is 1470. The quantitative estimate of drug-likeness (QED) is 0.457. The summed E-state index contributed by atoms with van der Waals surface area (Å²) in [7, 11) is 1.76. The van der Waals surface area contributed by atoms with Crippen molar-refractivity contribution in [1.29, 1.82) is 0 Å². The summed E-state index contributed by atoms with van der Waals surface area (Å²) in [6.45, 7) is 5.30. The van der Waals surface area contributed by atoms with Crippen LogP contribution in [0.1, 0.15) is 45.6 Å². The molecule has 0 fully saturated rings. The molecule has 0 saturated carbocycles. The molecule has 0 radical (unpaired) electrons. The number of nitrogens with one attached hydrogen (secondary N) is 1. The number of carbonyl (C=O) groups is 1. The number of carboxylic acids is 1. The van der Waals surface area contributed by atoms with Gasteiger partial charge in [0, 0.05) is 31.4 Å². The van der Waals surface area contributed by atoms with Crippen molar-refractivity contribution < 1.29 is 9.90 Å². The summed E-state index contributed by atoms with van der Waals surface area (Å²) in [5.41, 5.74) is 5.53. The van der Waals surface area contributed by atoms with E-state index in [1.807, 2.05) is 38.1 Å². The van der Waals surface area contributed by atoms with E-state index in [0.717, 1.165) is 11.1 Å². The Morgan fingerprint density at radius 3 is 2.38 bits per heavy atom. The zero-order valence-corrected chi connectivity index (χ0v) is 19.4. The largest absolute Gasteiger partial charge is 0.478 e. The lowest BCUT2D eigenvalue weighted by molar-refractivity contribution is 0.0698. The zero-order chi connectivity index (χ0) is 24.0. The normalized spacial score (nSPS) is 13.7. The van der Waals surface area contributed by atoms with Crippen molar-refractivity contribution >= 4 is 28.5 Å². The number of aryl methyl sites for hydroxylation is 1. The van der Waals surface area contributed by atoms with Crippen molar-refractivity contribution in [3.05, 3.63) is 98.8 Å². The van der Waals surface area contributed by atoms with Crippen molar-refractivity contribution in [3.8, 4) is 0 Å². The highest BCUT2D eigenvalue weighted by atomic mass is 16.4. The minimum Gasteiger partial charge on any atom is -0.478 e. The van der Waals surface area contributed by atoms with Gasteiger partial charge in [0.1, 0.15) is 0 Å². The van der Waals surface area contributed by atoms with E-state index < -0.39 is 5.97 Å². The fraction of sp³-hybridized carbons (Fsp3) is 0.222. The van der Waals surface area contributed by atoms with E-state index in [1.165, 1.54) is 11.1 Å². The second kappa shape index (κ2) is 8.33. The maximum absolute atomic E-state index is 13.4. The lowest BCUT2D eigenvalue weighted by Crippen LogP contribution is -2.28. The molecular formula is C27H26N4O3. The molecule has 0 unspecified atom stereocenters. The molecule has 172 valence electrons. The number of fused-ring (bicyclic) bond motifs is 2. The molecular weight excluding hydrogens is 428 g/mol. The first-order valence-corrected chi connectivity index (χ1v) is 11.3. The van der Waals surface area contributed by atoms with E-state index in [4.69, 9.17) is 4.98 Å². The first kappa shape index (κ1) is 21.7. The van der Waals surface area contributed by atoms with Crippen molar-refractivity contribution in [2.45, 2.75) is 33.0 Å². The maximum atomic E-state index is 13.4. The number of anilines is 2. The van der Waals surface area contributed by atoms with Crippen LogP contribution < -0.4 is 15.8 Å². The Kier molecular flexibility index (Phi) is 5.32. The number of aromatic nitrogens is 2. The molecule has 7 heteroatoms. The number of nitrogens with zero attached hydrogens (tertiary/aromatic N) is 3. The van der Waals surface area contributed by atoms with Gasteiger partial charge in [-0.3, -0.25) is 9.36 Å². The first-order valence-electron chi connectivity index (χ1n) is 11.3. The summed E-state index contributed by atoms with van der Waals surface area (Å²) in [6, 6.07) is 18.7. The standard InChI is InChI=1S/C27H26N4O3/c1-16-12-21(17(2)28-23-11-7-6-10-20(23)26(33)34)24-22(13-16)25(32)30(3)27(29-24)31-14-18-8-4-5-9-19(18)15-31/h4-13,17,28H,14-15H2,1-3H3,(H,33,34)/t17-/m1/s1. The van der Waals surface area contributed by atoms with Crippen LogP contribution in [-0.2, 0) is 20.1 Å². The number of aromatic carboxylic acids is 1. The summed E-state index contributed by atoms with van der Waals surface area (Å²) in [5.74, 6) is -0.371. The van der Waals surface area contributed by atoms with Gasteiger partial charge in [-0.1, -0.05) is 42.5 Å². The van der Waals surface area contributed by atoms with E-state index in [0.29, 0.717) is 35.6 Å². The van der Waals surface area contributed by atoms with Crippen molar-refractivity contribution in [3.63, 3.8) is 0 Å². The van der Waals surface area contributed by atoms with Gasteiger partial charge in [-0.2, -0.15) is 0 Å². The Hall–Kier alpha value is -4.13. The molecule has 2 heterocycles. The molecule has 5 rings (SSSR count). The second-order valence-corrected chi connectivity index (χ2v) is 8.87. The number of hydrogen-bond acceptors (Lipinski definition) is 5. The third-order valence-electron chi connectivity index (χ3n) is 6.45. The third kappa shape index (κ3) is 3.69. The predicted molar refractivity (Wildman–Crippen MR) is 133 cm³/mol. The van der Waals surface area contributed by atoms with Crippen molar-refractivity contribution in [2.24, 2.45) is 7.05 Å². The van der Waals surface area contributed by atoms with Crippen LogP contribution in [0, 0.1) is 6.92 Å². The highest BCUT2D eigenvalue weighted by molar-refractivity contribution is 5.94. The van der Waals surface area contributed by atoms with Crippen LogP contribution in [0.25, 0.3) is 10.9 Å². The van der Waals surface area contributed by atoms with Crippen LogP contribution in [0.15, 0.2) is 65.5 Å². The van der Waals surface area contributed by atoms with Gasteiger partial charge in [-0.25, -0.2) is 9.78 Å². The Balaban J connectivity index is 1.60. The monoisotopic (exact) mass is 454 g/mol. The van der Waals surface area contributed by atoms with Gasteiger partial charge in [-0.15, -0.1) is 0 Å². The van der Waals surface area contributed by atoms with Crippen molar-refractivity contribution in [1.82, 2.24) is 9.55 Å². The average Bonchev–Trinajstić information content (AvgIpc) is 3.25. The maximum Gasteiger partial charge on any atom is 0.337 e. The predicted octanol–water partition coefficient (Wildman–Crippen LogP) is 4.63. The van der Waals surface area contributed by atoms with Crippen molar-refractivity contribution in [2.75, 3.05) is 10.2 Å². The van der Waals surface area contributed by atoms with E-state index >= 15 is 0 Å². The fourth-order valence-corrected chi connectivity index (χ4v) is 4.74. The van der Waals surface area contributed by atoms with Gasteiger partial charge >= 0.3 is 5.97 Å². The first-order chi connectivity index (χ1) is 16.3. The summed E-state index contributed by atoms with van der Waals surface area (Å²) < 4.78 is 1.62. The van der Waals surface area contributed by atoms with Gasteiger partial charge in [0.15, 0.2) is 0 Å². The molecule has 3 aromatic carbocycles. The van der Waals surface area contributed by atoms with Crippen LogP contribution in [-0.4, -0.2) is 20.6 Å². The molecule has 0 bridgehead atoms. The molecule has 2 N–H and O–H groups in total. The van der Waals surface area contributed by atoms with E-state index in [1.54, 1.807) is 35.9 Å². The number of hydrogen-bond donors (Lipinski definition) is 2. The average molecular weight is 455 g/mol. The number of rotatable bonds is 5. The van der Waals surface area contributed by atoms with Gasteiger partial charge < -0.3 is 15.3 Å². The molecule has 0 spiro atoms. The number of benzene rings is 3. The molecule has 34 heavy (non-hydrogen) atoms. The molecule has 1 aliphatic heterocycles. The zero-order valence-electron chi connectivity index (χ0n) is 19.4. The topological polar surface area (TPSA) is 87.5 Å². The Morgan fingerprint density at radius 2 is 1.71 bits per heavy atom. The molecule has 7 nitrogen and oxygen atoms in total. The van der Waals surface area contributed by atoms with Crippen LogP contribution in [0.3, 0.4) is 0 Å². The molecule has 1 aliphatic rings. The van der Waals surface area contributed by atoms with Gasteiger partial charge in [-0.05, 0) is 48.7 Å². The summed E-state index contributed by atoms with van der Waals surface area (Å²) in [4.78, 5) is 32.2. The minimum absolute atomic E-state index is 0.0981. The summed E-state index contributed by atoms with van der Waals surface area (Å²) >= 11 is 0. The van der Waals surface area contributed by atoms with Gasteiger partial charge in [0.05, 0.1) is 22.5 Å². The van der Waals surface area contributed by atoms with Crippen LogP contribution in [0.4, 0.5) is 11.6 Å². The molecule has 0 saturated heterocycles. The lowest BCUT2D eigenvalue weighted by Gasteiger charge is -2.23. The second-order valence-electron chi connectivity index (χ2n) is 8.87. The fourth-order valence-electron chi connectivity index (χ4n) is 4.74. The van der Waals surface area contributed by atoms with E-state index in [2.05, 4.69) is 22.3 Å². The highest BCUT2D eigenvalue weighted by Gasteiger charge is 2.24. The van der Waals surface area contributed by atoms with E-state index in [9.17, 15) is 14.7 Å². The Morgan fingerprint density at radius 1 is 1.06 bits per heavy atom.